The number of hydrogen-bond donors (Lipinski definition) is 2. The van der Waals surface area contributed by atoms with Crippen molar-refractivity contribution in [1.29, 1.82) is 5.26 Å². The van der Waals surface area contributed by atoms with E-state index < -0.39 is 23.5 Å². The molecule has 0 saturated carbocycles. The Labute approximate surface area is 224 Å². The molecule has 3 heterocycles. The van der Waals surface area contributed by atoms with Gasteiger partial charge >= 0.3 is 0 Å². The molecule has 1 aliphatic heterocycles. The lowest BCUT2D eigenvalue weighted by molar-refractivity contribution is -0.116. The third-order valence-electron chi connectivity index (χ3n) is 6.05. The Bertz CT molecular complexity index is 1530. The highest BCUT2D eigenvalue weighted by atomic mass is 32.2. The highest BCUT2D eigenvalue weighted by Gasteiger charge is 2.41. The summed E-state index contributed by atoms with van der Waals surface area (Å²) < 4.78 is 27.3. The van der Waals surface area contributed by atoms with Crippen LogP contribution in [0.1, 0.15) is 30.7 Å². The van der Waals surface area contributed by atoms with Crippen molar-refractivity contribution in [2.75, 3.05) is 16.0 Å². The van der Waals surface area contributed by atoms with Gasteiger partial charge in [0.1, 0.15) is 17.5 Å². The number of halogens is 2. The van der Waals surface area contributed by atoms with Crippen molar-refractivity contribution in [3.05, 3.63) is 82.6 Å². The van der Waals surface area contributed by atoms with E-state index in [-0.39, 0.29) is 28.6 Å². The van der Waals surface area contributed by atoms with Gasteiger partial charge in [-0.3, -0.25) is 19.5 Å². The van der Waals surface area contributed by atoms with Crippen molar-refractivity contribution < 1.29 is 18.4 Å². The Balaban J connectivity index is 1.40. The first-order chi connectivity index (χ1) is 18.4. The van der Waals surface area contributed by atoms with Crippen molar-refractivity contribution in [3.8, 4) is 6.07 Å². The van der Waals surface area contributed by atoms with Crippen LogP contribution in [-0.2, 0) is 9.59 Å². The second-order valence-corrected chi connectivity index (χ2v) is 10.6. The highest BCUT2D eigenvalue weighted by molar-refractivity contribution is 8.01. The number of rotatable bonds is 6. The van der Waals surface area contributed by atoms with E-state index in [1.807, 2.05) is 6.07 Å². The zero-order chi connectivity index (χ0) is 26.8. The van der Waals surface area contributed by atoms with Crippen LogP contribution in [0.15, 0.2) is 69.7 Å². The van der Waals surface area contributed by atoms with Crippen LogP contribution in [0.4, 0.5) is 19.6 Å². The van der Waals surface area contributed by atoms with Gasteiger partial charge in [0, 0.05) is 36.2 Å². The van der Waals surface area contributed by atoms with Crippen LogP contribution in [0.25, 0.3) is 0 Å². The van der Waals surface area contributed by atoms with Crippen LogP contribution in [-0.4, -0.2) is 32.6 Å². The van der Waals surface area contributed by atoms with Crippen LogP contribution in [0.5, 0.6) is 0 Å². The van der Waals surface area contributed by atoms with Gasteiger partial charge in [-0.2, -0.15) is 5.26 Å². The predicted molar refractivity (Wildman–Crippen MR) is 138 cm³/mol. The quantitative estimate of drug-likeness (QED) is 0.431. The van der Waals surface area contributed by atoms with E-state index in [9.17, 15) is 23.6 Å². The largest absolute Gasteiger partial charge is 0.384 e. The molecule has 0 bridgehead atoms. The SMILES string of the molecule is N#CC1=C(N)N(c2nnc(SCC(=O)Nc3ccc(F)cc3F)s2)C2=C(C(=O)CCC2)C1c1cccnc1. The fourth-order valence-corrected chi connectivity index (χ4v) is 6.12. The molecular weight excluding hydrogens is 532 g/mol. The maximum Gasteiger partial charge on any atom is 0.234 e. The Morgan fingerprint density at radius 2 is 2.13 bits per heavy atom. The number of nitrogens with zero attached hydrogens (tertiary/aromatic N) is 5. The number of anilines is 2. The zero-order valence-corrected chi connectivity index (χ0v) is 21.3. The molecule has 2 aromatic heterocycles. The van der Waals surface area contributed by atoms with Gasteiger partial charge in [0.25, 0.3) is 0 Å². The topological polar surface area (TPSA) is 138 Å². The third-order valence-corrected chi connectivity index (χ3v) is 8.09. The Morgan fingerprint density at radius 3 is 2.87 bits per heavy atom. The van der Waals surface area contributed by atoms with Crippen LogP contribution in [0.3, 0.4) is 0 Å². The summed E-state index contributed by atoms with van der Waals surface area (Å²) >= 11 is 2.22. The molecule has 0 radical (unpaired) electrons. The number of thioether (sulfide) groups is 1. The van der Waals surface area contributed by atoms with E-state index >= 15 is 0 Å². The number of Topliss-reactive ketones (excluding diaryl/α,β-unsaturated/α-hetero) is 1. The fraction of sp³-hybridized carbons (Fsp3) is 0.200. The lowest BCUT2D eigenvalue weighted by Crippen LogP contribution is -2.38. The molecule has 1 amide bonds. The summed E-state index contributed by atoms with van der Waals surface area (Å²) in [5.74, 6) is -2.75. The second-order valence-electron chi connectivity index (χ2n) is 8.41. The van der Waals surface area contributed by atoms with Crippen molar-refractivity contribution in [2.45, 2.75) is 29.5 Å². The van der Waals surface area contributed by atoms with Crippen LogP contribution in [0, 0.1) is 23.0 Å². The molecule has 3 aromatic rings. The Morgan fingerprint density at radius 1 is 1.29 bits per heavy atom. The maximum absolute atomic E-state index is 13.8. The molecule has 2 aliphatic rings. The molecule has 0 fully saturated rings. The van der Waals surface area contributed by atoms with Gasteiger partial charge in [0.05, 0.1) is 29.0 Å². The number of aromatic nitrogens is 3. The summed E-state index contributed by atoms with van der Waals surface area (Å²) in [6.07, 6.45) is 4.80. The number of allylic oxidation sites excluding steroid dienone is 3. The molecular formula is C25H19F2N7O2S2. The first kappa shape index (κ1) is 25.5. The van der Waals surface area contributed by atoms with Gasteiger partial charge in [0.15, 0.2) is 10.1 Å². The third kappa shape index (κ3) is 4.88. The molecule has 1 unspecified atom stereocenters. The number of benzene rings is 1. The van der Waals surface area contributed by atoms with E-state index in [2.05, 4.69) is 26.6 Å². The maximum atomic E-state index is 13.8. The monoisotopic (exact) mass is 551 g/mol. The van der Waals surface area contributed by atoms with Crippen molar-refractivity contribution in [1.82, 2.24) is 15.2 Å². The van der Waals surface area contributed by atoms with E-state index in [1.54, 1.807) is 23.4 Å². The van der Waals surface area contributed by atoms with Gasteiger partial charge < -0.3 is 11.1 Å². The molecule has 1 atom stereocenters. The number of nitrogens with two attached hydrogens (primary N) is 1. The van der Waals surface area contributed by atoms with E-state index in [0.717, 1.165) is 35.2 Å². The molecule has 9 nitrogen and oxygen atoms in total. The number of hydrogen-bond acceptors (Lipinski definition) is 10. The average molecular weight is 552 g/mol. The first-order valence-electron chi connectivity index (χ1n) is 11.4. The number of amides is 1. The van der Waals surface area contributed by atoms with Crippen molar-refractivity contribution >= 4 is 45.6 Å². The molecule has 38 heavy (non-hydrogen) atoms. The second kappa shape index (κ2) is 10.7. The predicted octanol–water partition coefficient (Wildman–Crippen LogP) is 4.25. The van der Waals surface area contributed by atoms with Gasteiger partial charge in [-0.25, -0.2) is 8.78 Å². The van der Waals surface area contributed by atoms with Crippen LogP contribution < -0.4 is 16.0 Å². The fourth-order valence-electron chi connectivity index (χ4n) is 4.44. The van der Waals surface area contributed by atoms with Gasteiger partial charge in [-0.1, -0.05) is 29.2 Å². The molecule has 0 spiro atoms. The molecule has 0 saturated heterocycles. The standard InChI is InChI=1S/C25H19F2N7O2S2/c26-14-6-7-17(16(27)9-14)31-20(36)12-37-25-33-32-24(38-25)34-18-4-1-5-19(35)22(18)21(15(10-28)23(34)29)13-3-2-8-30-11-13/h2-3,6-9,11,21H,1,4-5,12,29H2,(H,31,36). The molecule has 192 valence electrons. The summed E-state index contributed by atoms with van der Waals surface area (Å²) in [5.41, 5.74) is 8.47. The van der Waals surface area contributed by atoms with Crippen molar-refractivity contribution in [2.24, 2.45) is 5.73 Å². The summed E-state index contributed by atoms with van der Waals surface area (Å²) in [5, 5.41) is 21.1. The van der Waals surface area contributed by atoms with E-state index in [0.29, 0.717) is 51.6 Å². The minimum absolute atomic E-state index is 0.0610. The first-order valence-corrected chi connectivity index (χ1v) is 13.2. The molecule has 1 aromatic carbocycles. The molecule has 13 heteroatoms. The zero-order valence-electron chi connectivity index (χ0n) is 19.6. The normalized spacial score (nSPS) is 17.3. The lowest BCUT2D eigenvalue weighted by Gasteiger charge is -2.37. The minimum Gasteiger partial charge on any atom is -0.384 e. The summed E-state index contributed by atoms with van der Waals surface area (Å²) in [7, 11) is 0. The summed E-state index contributed by atoms with van der Waals surface area (Å²) in [4.78, 5) is 31.2. The number of nitriles is 1. The summed E-state index contributed by atoms with van der Waals surface area (Å²) in [6.45, 7) is 0. The number of nitrogens with one attached hydrogen (secondary N) is 1. The summed E-state index contributed by atoms with van der Waals surface area (Å²) in [6, 6.07) is 8.61. The van der Waals surface area contributed by atoms with Crippen LogP contribution >= 0.6 is 23.1 Å². The Kier molecular flexibility index (Phi) is 7.17. The smallest absolute Gasteiger partial charge is 0.234 e. The van der Waals surface area contributed by atoms with Gasteiger partial charge in [-0.05, 0) is 36.6 Å². The highest BCUT2D eigenvalue weighted by Crippen LogP contribution is 2.46. The van der Waals surface area contributed by atoms with E-state index in [1.165, 1.54) is 0 Å². The van der Waals surface area contributed by atoms with Gasteiger partial charge in [-0.15, -0.1) is 10.2 Å². The molecule has 5 rings (SSSR count). The van der Waals surface area contributed by atoms with Crippen molar-refractivity contribution in [3.63, 3.8) is 0 Å². The van der Waals surface area contributed by atoms with Crippen LogP contribution in [0.2, 0.25) is 0 Å². The average Bonchev–Trinajstić information content (AvgIpc) is 3.37. The number of pyridine rings is 1. The van der Waals surface area contributed by atoms with Gasteiger partial charge in [0.2, 0.25) is 11.0 Å². The van der Waals surface area contributed by atoms with E-state index in [4.69, 9.17) is 5.73 Å². The number of carbonyl (C=O) groups is 2. The molecule has 3 N–H and O–H groups in total. The molecule has 1 aliphatic carbocycles. The minimum atomic E-state index is -0.877. The lowest BCUT2D eigenvalue weighted by atomic mass is 9.76. The number of ketones is 1. The number of carbonyl (C=O) groups excluding carboxylic acids is 2. The Hall–Kier alpha value is -4.15.